The van der Waals surface area contributed by atoms with Crippen LogP contribution in [-0.4, -0.2) is 26.8 Å². The highest BCUT2D eigenvalue weighted by atomic mass is 16.3. The lowest BCUT2D eigenvalue weighted by Gasteiger charge is -2.20. The van der Waals surface area contributed by atoms with E-state index < -0.39 is 0 Å². The summed E-state index contributed by atoms with van der Waals surface area (Å²) in [5.74, 6) is -0.329. The zero-order chi connectivity index (χ0) is 14.1. The van der Waals surface area contributed by atoms with Crippen LogP contribution in [0.25, 0.3) is 0 Å². The largest absolute Gasteiger partial charge is 0.472 e. The molecule has 8 heteroatoms. The molecule has 20 heavy (non-hydrogen) atoms. The first kappa shape index (κ1) is 12.4. The van der Waals surface area contributed by atoms with Gasteiger partial charge in [0.25, 0.3) is 5.91 Å². The summed E-state index contributed by atoms with van der Waals surface area (Å²) in [6, 6.07) is 1.20. The molecule has 1 aliphatic heterocycles. The summed E-state index contributed by atoms with van der Waals surface area (Å²) in [7, 11) is 0. The summed E-state index contributed by atoms with van der Waals surface area (Å²) in [4.78, 5) is 23.3. The van der Waals surface area contributed by atoms with Crippen LogP contribution in [0.15, 0.2) is 23.0 Å². The fraction of sp³-hybridized carbons (Fsp3) is 0.333. The molecule has 1 atom stereocenters. The Hall–Kier alpha value is -2.64. The Bertz CT molecular complexity index is 646. The van der Waals surface area contributed by atoms with Crippen molar-refractivity contribution in [1.82, 2.24) is 25.6 Å². The first-order valence-corrected chi connectivity index (χ1v) is 6.18. The number of fused-ring (bicyclic) bond motifs is 1. The van der Waals surface area contributed by atoms with Gasteiger partial charge in [0, 0.05) is 0 Å². The monoisotopic (exact) mass is 275 g/mol. The molecule has 8 nitrogen and oxygen atoms in total. The smallest absolute Gasteiger partial charge is 0.254 e. The number of rotatable bonds is 3. The second kappa shape index (κ2) is 4.80. The first-order valence-electron chi connectivity index (χ1n) is 6.18. The van der Waals surface area contributed by atoms with Gasteiger partial charge in [0.1, 0.15) is 18.0 Å². The molecule has 104 valence electrons. The fourth-order valence-corrected chi connectivity index (χ4v) is 2.07. The summed E-state index contributed by atoms with van der Waals surface area (Å²) in [6.45, 7) is 2.37. The third kappa shape index (κ3) is 2.04. The average Bonchev–Trinajstić information content (AvgIpc) is 3.09. The topological polar surface area (TPSA) is 102 Å². The Morgan fingerprint density at radius 1 is 1.65 bits per heavy atom. The summed E-state index contributed by atoms with van der Waals surface area (Å²) in [6.07, 6.45) is 2.81. The van der Waals surface area contributed by atoms with E-state index in [1.165, 1.54) is 12.5 Å². The zero-order valence-electron chi connectivity index (χ0n) is 10.8. The number of nitrogens with zero attached hydrogens (tertiary/aromatic N) is 3. The summed E-state index contributed by atoms with van der Waals surface area (Å²) in [5, 5.41) is 13.5. The van der Waals surface area contributed by atoms with Crippen LogP contribution >= 0.6 is 0 Å². The van der Waals surface area contributed by atoms with Crippen molar-refractivity contribution >= 4 is 11.8 Å². The second-order valence-corrected chi connectivity index (χ2v) is 4.52. The van der Waals surface area contributed by atoms with Crippen LogP contribution in [0.5, 0.6) is 0 Å². The van der Waals surface area contributed by atoms with Crippen molar-refractivity contribution in [1.29, 1.82) is 0 Å². The number of furan rings is 1. The lowest BCUT2D eigenvalue weighted by atomic mass is 10.2. The van der Waals surface area contributed by atoms with Crippen LogP contribution < -0.4 is 10.6 Å². The number of aromatic nitrogens is 3. The van der Waals surface area contributed by atoms with E-state index in [1.54, 1.807) is 17.7 Å². The molecule has 0 radical (unpaired) electrons. The van der Waals surface area contributed by atoms with Crippen LogP contribution in [0.1, 0.15) is 34.7 Å². The van der Waals surface area contributed by atoms with E-state index >= 15 is 0 Å². The lowest BCUT2D eigenvalue weighted by Crippen LogP contribution is -2.38. The molecule has 3 heterocycles. The van der Waals surface area contributed by atoms with Gasteiger partial charge in [0.2, 0.25) is 5.91 Å². The van der Waals surface area contributed by atoms with E-state index in [0.29, 0.717) is 17.8 Å². The van der Waals surface area contributed by atoms with E-state index in [2.05, 4.69) is 20.9 Å². The highest BCUT2D eigenvalue weighted by molar-refractivity contribution is 5.93. The van der Waals surface area contributed by atoms with Gasteiger partial charge in [-0.05, 0) is 13.0 Å². The van der Waals surface area contributed by atoms with Gasteiger partial charge in [-0.15, -0.1) is 5.10 Å². The fourth-order valence-electron chi connectivity index (χ4n) is 2.07. The van der Waals surface area contributed by atoms with Crippen molar-refractivity contribution in [3.63, 3.8) is 0 Å². The zero-order valence-corrected chi connectivity index (χ0v) is 10.8. The molecule has 2 amide bonds. The molecule has 2 aromatic heterocycles. The van der Waals surface area contributed by atoms with E-state index in [-0.39, 0.29) is 24.4 Å². The molecular formula is C12H13N5O3. The Balaban J connectivity index is 1.72. The van der Waals surface area contributed by atoms with Gasteiger partial charge in [0.05, 0.1) is 30.6 Å². The number of carbonyl (C=O) groups excluding carboxylic acids is 2. The molecule has 2 N–H and O–H groups in total. The molecule has 0 fully saturated rings. The molecular weight excluding hydrogens is 262 g/mol. The Kier molecular flexibility index (Phi) is 2.97. The number of hydrogen-bond donors (Lipinski definition) is 2. The first-order chi connectivity index (χ1) is 9.66. The standard InChI is InChI=1S/C12H13N5O3/c1-7-11(18)14-5-10-9(15-16-17(7)10)4-13-12(19)8-2-3-20-6-8/h2-3,6-7H,4-5H2,1H3,(H,13,19)(H,14,18). The predicted octanol–water partition coefficient (Wildman–Crippen LogP) is -0.00810. The molecule has 0 aromatic carbocycles. The van der Waals surface area contributed by atoms with E-state index in [0.717, 1.165) is 5.69 Å². The SMILES string of the molecule is CC1C(=O)NCc2c(CNC(=O)c3ccoc3)nnn21. The van der Waals surface area contributed by atoms with Gasteiger partial charge in [-0.1, -0.05) is 5.21 Å². The molecule has 2 aromatic rings. The third-order valence-corrected chi connectivity index (χ3v) is 3.25. The third-order valence-electron chi connectivity index (χ3n) is 3.25. The Labute approximate surface area is 114 Å². The number of carbonyl (C=O) groups is 2. The molecule has 3 rings (SSSR count). The molecule has 0 saturated heterocycles. The Morgan fingerprint density at radius 3 is 3.25 bits per heavy atom. The molecule has 0 aliphatic carbocycles. The predicted molar refractivity (Wildman–Crippen MR) is 66.5 cm³/mol. The van der Waals surface area contributed by atoms with Crippen molar-refractivity contribution in [2.75, 3.05) is 0 Å². The highest BCUT2D eigenvalue weighted by Gasteiger charge is 2.27. The van der Waals surface area contributed by atoms with Crippen molar-refractivity contribution in [2.45, 2.75) is 26.1 Å². The van der Waals surface area contributed by atoms with Crippen molar-refractivity contribution in [3.05, 3.63) is 35.5 Å². The summed E-state index contributed by atoms with van der Waals surface area (Å²) in [5.41, 5.74) is 1.91. The summed E-state index contributed by atoms with van der Waals surface area (Å²) >= 11 is 0. The maximum absolute atomic E-state index is 11.8. The van der Waals surface area contributed by atoms with Crippen LogP contribution in [-0.2, 0) is 17.9 Å². The Morgan fingerprint density at radius 2 is 2.50 bits per heavy atom. The van der Waals surface area contributed by atoms with Crippen molar-refractivity contribution in [3.8, 4) is 0 Å². The van der Waals surface area contributed by atoms with Crippen LogP contribution in [0, 0.1) is 0 Å². The second-order valence-electron chi connectivity index (χ2n) is 4.52. The van der Waals surface area contributed by atoms with E-state index in [1.807, 2.05) is 0 Å². The van der Waals surface area contributed by atoms with Crippen molar-refractivity contribution < 1.29 is 14.0 Å². The van der Waals surface area contributed by atoms with E-state index in [4.69, 9.17) is 4.42 Å². The van der Waals surface area contributed by atoms with Crippen LogP contribution in [0.3, 0.4) is 0 Å². The van der Waals surface area contributed by atoms with Gasteiger partial charge >= 0.3 is 0 Å². The van der Waals surface area contributed by atoms with Gasteiger partial charge in [-0.25, -0.2) is 4.68 Å². The van der Waals surface area contributed by atoms with Crippen LogP contribution in [0.2, 0.25) is 0 Å². The van der Waals surface area contributed by atoms with E-state index in [9.17, 15) is 9.59 Å². The maximum Gasteiger partial charge on any atom is 0.254 e. The van der Waals surface area contributed by atoms with Crippen molar-refractivity contribution in [2.24, 2.45) is 0 Å². The minimum absolute atomic E-state index is 0.0867. The van der Waals surface area contributed by atoms with Gasteiger partial charge in [0.15, 0.2) is 0 Å². The number of nitrogens with one attached hydrogen (secondary N) is 2. The molecule has 1 aliphatic rings. The quantitative estimate of drug-likeness (QED) is 0.820. The summed E-state index contributed by atoms with van der Waals surface area (Å²) < 4.78 is 6.43. The van der Waals surface area contributed by atoms with Gasteiger partial charge < -0.3 is 15.1 Å². The van der Waals surface area contributed by atoms with Crippen LogP contribution in [0.4, 0.5) is 0 Å². The minimum atomic E-state index is -0.385. The molecule has 1 unspecified atom stereocenters. The minimum Gasteiger partial charge on any atom is -0.472 e. The van der Waals surface area contributed by atoms with Gasteiger partial charge in [-0.3, -0.25) is 9.59 Å². The maximum atomic E-state index is 11.8. The lowest BCUT2D eigenvalue weighted by molar-refractivity contribution is -0.125. The number of hydrogen-bond acceptors (Lipinski definition) is 5. The molecule has 0 spiro atoms. The van der Waals surface area contributed by atoms with Gasteiger partial charge in [-0.2, -0.15) is 0 Å². The normalized spacial score (nSPS) is 17.4. The molecule has 0 saturated carbocycles. The highest BCUT2D eigenvalue weighted by Crippen LogP contribution is 2.16. The molecule has 0 bridgehead atoms. The average molecular weight is 275 g/mol. The number of amides is 2.